The number of para-hydroxylation sites is 1. The molecule has 0 aliphatic rings. The Bertz CT molecular complexity index is 976. The van der Waals surface area contributed by atoms with Gasteiger partial charge in [-0.3, -0.25) is 4.79 Å². The number of halogens is 2. The largest absolute Gasteiger partial charge is 0.323 e. The fraction of sp³-hybridized carbons (Fsp3) is 0.105. The number of carbonyl (C=O) groups is 1. The van der Waals surface area contributed by atoms with Crippen molar-refractivity contribution in [3.8, 4) is 0 Å². The average molecular weight is 387 g/mol. The minimum Gasteiger partial charge on any atom is -0.323 e. The number of nitrogens with one attached hydrogen (secondary N) is 2. The first-order chi connectivity index (χ1) is 12.4. The molecule has 0 saturated heterocycles. The minimum atomic E-state index is -0.349. The van der Waals surface area contributed by atoms with Crippen LogP contribution in [-0.2, 0) is 0 Å². The third-order valence-electron chi connectivity index (χ3n) is 3.64. The molecule has 132 valence electrons. The van der Waals surface area contributed by atoms with Gasteiger partial charge < -0.3 is 10.6 Å². The number of nitrogens with zero attached hydrogens (tertiary/aromatic N) is 2. The van der Waals surface area contributed by atoms with Gasteiger partial charge in [0.15, 0.2) is 0 Å². The van der Waals surface area contributed by atoms with Crippen LogP contribution in [0.3, 0.4) is 0 Å². The van der Waals surface area contributed by atoms with Gasteiger partial charge in [-0.15, -0.1) is 0 Å². The summed E-state index contributed by atoms with van der Waals surface area (Å²) < 4.78 is 0. The monoisotopic (exact) mass is 386 g/mol. The lowest BCUT2D eigenvalue weighted by molar-refractivity contribution is 0.102. The maximum absolute atomic E-state index is 12.5. The molecule has 1 heterocycles. The van der Waals surface area contributed by atoms with Crippen LogP contribution in [-0.4, -0.2) is 15.9 Å². The summed E-state index contributed by atoms with van der Waals surface area (Å²) in [5.41, 5.74) is 3.10. The van der Waals surface area contributed by atoms with Crippen LogP contribution in [0.2, 0.25) is 10.0 Å². The van der Waals surface area contributed by atoms with Gasteiger partial charge in [0.25, 0.3) is 5.91 Å². The van der Waals surface area contributed by atoms with Gasteiger partial charge >= 0.3 is 0 Å². The highest BCUT2D eigenvalue weighted by molar-refractivity contribution is 6.33. The molecule has 2 aromatic carbocycles. The number of hydrogen-bond acceptors (Lipinski definition) is 4. The van der Waals surface area contributed by atoms with Crippen LogP contribution in [0.5, 0.6) is 0 Å². The highest BCUT2D eigenvalue weighted by Crippen LogP contribution is 2.24. The Morgan fingerprint density at radius 1 is 0.962 bits per heavy atom. The highest BCUT2D eigenvalue weighted by Gasteiger charge is 2.12. The molecule has 0 atom stereocenters. The molecule has 5 nitrogen and oxygen atoms in total. The van der Waals surface area contributed by atoms with E-state index in [9.17, 15) is 4.79 Å². The molecule has 0 spiro atoms. The van der Waals surface area contributed by atoms with Gasteiger partial charge in [0.2, 0.25) is 5.95 Å². The quantitative estimate of drug-likeness (QED) is 0.629. The molecule has 7 heteroatoms. The van der Waals surface area contributed by atoms with Crippen LogP contribution >= 0.6 is 23.2 Å². The van der Waals surface area contributed by atoms with Crippen molar-refractivity contribution >= 4 is 46.4 Å². The molecule has 1 aromatic heterocycles. The summed E-state index contributed by atoms with van der Waals surface area (Å²) in [4.78, 5) is 21.1. The number of aromatic nitrogens is 2. The van der Waals surface area contributed by atoms with Crippen LogP contribution in [0, 0.1) is 13.8 Å². The van der Waals surface area contributed by atoms with Crippen molar-refractivity contribution in [3.63, 3.8) is 0 Å². The molecule has 3 aromatic rings. The molecule has 0 aliphatic heterocycles. The van der Waals surface area contributed by atoms with E-state index in [0.29, 0.717) is 33.1 Å². The lowest BCUT2D eigenvalue weighted by Crippen LogP contribution is -2.15. The zero-order valence-corrected chi connectivity index (χ0v) is 15.7. The number of carbonyl (C=O) groups excluding carboxylic acids is 1. The minimum absolute atomic E-state index is 0.240. The molecule has 3 rings (SSSR count). The molecule has 26 heavy (non-hydrogen) atoms. The predicted molar refractivity (Wildman–Crippen MR) is 106 cm³/mol. The van der Waals surface area contributed by atoms with Gasteiger partial charge in [0, 0.05) is 16.4 Å². The molecule has 0 radical (unpaired) electrons. The van der Waals surface area contributed by atoms with E-state index < -0.39 is 0 Å². The number of benzene rings is 2. The van der Waals surface area contributed by atoms with Crippen molar-refractivity contribution in [3.05, 3.63) is 75.5 Å². The summed E-state index contributed by atoms with van der Waals surface area (Å²) in [6.45, 7) is 3.69. The van der Waals surface area contributed by atoms with Crippen LogP contribution in [0.15, 0.2) is 48.5 Å². The maximum Gasteiger partial charge on any atom is 0.274 e. The zero-order valence-electron chi connectivity index (χ0n) is 14.2. The summed E-state index contributed by atoms with van der Waals surface area (Å²) in [6.07, 6.45) is 0. The van der Waals surface area contributed by atoms with Gasteiger partial charge in [-0.1, -0.05) is 41.4 Å². The van der Waals surface area contributed by atoms with Gasteiger partial charge in [-0.25, -0.2) is 9.97 Å². The molecule has 0 aliphatic carbocycles. The average Bonchev–Trinajstić information content (AvgIpc) is 2.60. The van der Waals surface area contributed by atoms with Gasteiger partial charge in [-0.2, -0.15) is 0 Å². The van der Waals surface area contributed by atoms with Crippen molar-refractivity contribution in [1.29, 1.82) is 0 Å². The van der Waals surface area contributed by atoms with Gasteiger partial charge in [-0.05, 0) is 49.7 Å². The molecule has 2 N–H and O–H groups in total. The standard InChI is InChI=1S/C19H16Cl2N4O/c1-11-7-8-13(10-15(11)21)23-18(26)17-9-12(2)22-19(25-17)24-16-6-4-3-5-14(16)20/h3-10H,1-2H3,(H,23,26)(H,22,24,25). The number of rotatable bonds is 4. The summed E-state index contributed by atoms with van der Waals surface area (Å²) in [6, 6.07) is 14.2. The maximum atomic E-state index is 12.5. The normalized spacial score (nSPS) is 10.5. The molecular weight excluding hydrogens is 371 g/mol. The number of aryl methyl sites for hydroxylation is 2. The molecule has 0 unspecified atom stereocenters. The first-order valence-electron chi connectivity index (χ1n) is 7.87. The van der Waals surface area contributed by atoms with Crippen molar-refractivity contribution in [2.45, 2.75) is 13.8 Å². The van der Waals surface area contributed by atoms with Crippen LogP contribution in [0.25, 0.3) is 0 Å². The fourth-order valence-electron chi connectivity index (χ4n) is 2.29. The third-order valence-corrected chi connectivity index (χ3v) is 4.37. The third kappa shape index (κ3) is 4.31. The Labute approximate surface area is 161 Å². The number of hydrogen-bond donors (Lipinski definition) is 2. The first kappa shape index (κ1) is 18.2. The SMILES string of the molecule is Cc1cc(C(=O)Nc2ccc(C)c(Cl)c2)nc(Nc2ccccc2Cl)n1. The molecule has 0 bridgehead atoms. The Kier molecular flexibility index (Phi) is 5.40. The lowest BCUT2D eigenvalue weighted by atomic mass is 10.2. The van der Waals surface area contributed by atoms with Crippen LogP contribution in [0.1, 0.15) is 21.7 Å². The van der Waals surface area contributed by atoms with Gasteiger partial charge in [0.1, 0.15) is 5.69 Å². The lowest BCUT2D eigenvalue weighted by Gasteiger charge is -2.10. The second kappa shape index (κ2) is 7.72. The Hall–Kier alpha value is -2.63. The van der Waals surface area contributed by atoms with E-state index in [-0.39, 0.29) is 11.6 Å². The topological polar surface area (TPSA) is 66.9 Å². The molecule has 0 saturated carbocycles. The highest BCUT2D eigenvalue weighted by atomic mass is 35.5. The smallest absolute Gasteiger partial charge is 0.274 e. The van der Waals surface area contributed by atoms with E-state index in [1.165, 1.54) is 0 Å². The van der Waals surface area contributed by atoms with E-state index in [2.05, 4.69) is 20.6 Å². The van der Waals surface area contributed by atoms with Crippen molar-refractivity contribution in [2.24, 2.45) is 0 Å². The summed E-state index contributed by atoms with van der Waals surface area (Å²) in [5.74, 6) is -0.0529. The molecule has 0 fully saturated rings. The number of amides is 1. The Morgan fingerprint density at radius 2 is 1.73 bits per heavy atom. The fourth-order valence-corrected chi connectivity index (χ4v) is 2.65. The zero-order chi connectivity index (χ0) is 18.7. The number of anilines is 3. The Morgan fingerprint density at radius 3 is 2.46 bits per heavy atom. The van der Waals surface area contributed by atoms with E-state index in [1.807, 2.05) is 31.2 Å². The predicted octanol–water partition coefficient (Wildman–Crippen LogP) is 5.40. The van der Waals surface area contributed by atoms with E-state index in [4.69, 9.17) is 23.2 Å². The van der Waals surface area contributed by atoms with Crippen molar-refractivity contribution in [1.82, 2.24) is 9.97 Å². The summed E-state index contributed by atoms with van der Waals surface area (Å²) >= 11 is 12.2. The van der Waals surface area contributed by atoms with E-state index in [1.54, 1.807) is 31.2 Å². The Balaban J connectivity index is 1.83. The van der Waals surface area contributed by atoms with Crippen molar-refractivity contribution in [2.75, 3.05) is 10.6 Å². The van der Waals surface area contributed by atoms with Crippen LogP contribution < -0.4 is 10.6 Å². The second-order valence-corrected chi connectivity index (χ2v) is 6.56. The van der Waals surface area contributed by atoms with Crippen LogP contribution in [0.4, 0.5) is 17.3 Å². The van der Waals surface area contributed by atoms with Crippen molar-refractivity contribution < 1.29 is 4.79 Å². The second-order valence-electron chi connectivity index (χ2n) is 5.74. The first-order valence-corrected chi connectivity index (χ1v) is 8.63. The molecular formula is C19H16Cl2N4O. The summed E-state index contributed by atoms with van der Waals surface area (Å²) in [7, 11) is 0. The molecule has 1 amide bonds. The summed E-state index contributed by atoms with van der Waals surface area (Å²) in [5, 5.41) is 6.95. The van der Waals surface area contributed by atoms with E-state index in [0.717, 1.165) is 5.56 Å². The van der Waals surface area contributed by atoms with E-state index >= 15 is 0 Å². The van der Waals surface area contributed by atoms with Gasteiger partial charge in [0.05, 0.1) is 10.7 Å².